The van der Waals surface area contributed by atoms with Gasteiger partial charge in [-0.05, 0) is 31.2 Å². The number of anilines is 3. The molecule has 1 N–H and O–H groups in total. The van der Waals surface area contributed by atoms with Crippen molar-refractivity contribution < 1.29 is 9.59 Å². The van der Waals surface area contributed by atoms with Gasteiger partial charge in [0, 0.05) is 5.69 Å². The van der Waals surface area contributed by atoms with Crippen LogP contribution in [0, 0.1) is 6.92 Å². The lowest BCUT2D eigenvalue weighted by atomic mass is 10.1. The van der Waals surface area contributed by atoms with Gasteiger partial charge in [-0.15, -0.1) is 11.6 Å². The van der Waals surface area contributed by atoms with E-state index in [2.05, 4.69) is 10.3 Å². The molecule has 21 heavy (non-hydrogen) atoms. The van der Waals surface area contributed by atoms with Crippen molar-refractivity contribution in [3.8, 4) is 0 Å². The number of hydrogen-bond acceptors (Lipinski definition) is 3. The number of aryl methyl sites for hydroxylation is 1. The van der Waals surface area contributed by atoms with E-state index in [9.17, 15) is 9.59 Å². The van der Waals surface area contributed by atoms with Gasteiger partial charge in [0.25, 0.3) is 5.91 Å². The first-order chi connectivity index (χ1) is 10.1. The standard InChI is InChI=1S/C15H12ClN3O2/c1-9-6-7-11-14(17-9)19(13(20)8-16)12-5-3-2-4-10(12)15(21)18-11/h2-7H,8H2,1H3,(H,18,21). The molecule has 0 unspecified atom stereocenters. The quantitative estimate of drug-likeness (QED) is 0.824. The van der Waals surface area contributed by atoms with E-state index in [1.807, 2.05) is 6.92 Å². The number of nitrogens with one attached hydrogen (secondary N) is 1. The zero-order valence-corrected chi connectivity index (χ0v) is 12.0. The Morgan fingerprint density at radius 2 is 2.05 bits per heavy atom. The van der Waals surface area contributed by atoms with E-state index in [1.54, 1.807) is 36.4 Å². The van der Waals surface area contributed by atoms with E-state index in [4.69, 9.17) is 11.6 Å². The highest BCUT2D eigenvalue weighted by Crippen LogP contribution is 2.36. The molecule has 0 radical (unpaired) electrons. The Labute approximate surface area is 126 Å². The summed E-state index contributed by atoms with van der Waals surface area (Å²) in [6.07, 6.45) is 0. The van der Waals surface area contributed by atoms with Crippen molar-refractivity contribution in [2.75, 3.05) is 16.1 Å². The summed E-state index contributed by atoms with van der Waals surface area (Å²) < 4.78 is 0. The molecule has 0 atom stereocenters. The number of fused-ring (bicyclic) bond motifs is 2. The molecule has 2 amide bonds. The van der Waals surface area contributed by atoms with Crippen LogP contribution in [0.5, 0.6) is 0 Å². The van der Waals surface area contributed by atoms with Gasteiger partial charge in [0.05, 0.1) is 16.9 Å². The lowest BCUT2D eigenvalue weighted by Crippen LogP contribution is -2.28. The van der Waals surface area contributed by atoms with Gasteiger partial charge in [0.15, 0.2) is 5.82 Å². The lowest BCUT2D eigenvalue weighted by molar-refractivity contribution is -0.115. The topological polar surface area (TPSA) is 62.3 Å². The SMILES string of the molecule is Cc1ccc2c(n1)N(C(=O)CCl)c1ccccc1C(=O)N2. The van der Waals surface area contributed by atoms with Crippen LogP contribution in [0.1, 0.15) is 16.1 Å². The van der Waals surface area contributed by atoms with Crippen LogP contribution in [0.15, 0.2) is 36.4 Å². The van der Waals surface area contributed by atoms with Gasteiger partial charge in [-0.2, -0.15) is 0 Å². The number of halogens is 1. The van der Waals surface area contributed by atoms with Crippen molar-refractivity contribution in [2.45, 2.75) is 6.92 Å². The monoisotopic (exact) mass is 301 g/mol. The van der Waals surface area contributed by atoms with Gasteiger partial charge in [-0.3, -0.25) is 14.5 Å². The molecule has 0 fully saturated rings. The van der Waals surface area contributed by atoms with Crippen molar-refractivity contribution in [3.05, 3.63) is 47.7 Å². The van der Waals surface area contributed by atoms with Crippen molar-refractivity contribution >= 4 is 40.6 Å². The molecule has 1 aromatic carbocycles. The number of carbonyl (C=O) groups excluding carboxylic acids is 2. The largest absolute Gasteiger partial charge is 0.319 e. The maximum atomic E-state index is 12.3. The first-order valence-electron chi connectivity index (χ1n) is 6.39. The second-order valence-electron chi connectivity index (χ2n) is 4.66. The summed E-state index contributed by atoms with van der Waals surface area (Å²) in [7, 11) is 0. The summed E-state index contributed by atoms with van der Waals surface area (Å²) in [5.41, 5.74) is 2.12. The van der Waals surface area contributed by atoms with E-state index in [0.29, 0.717) is 22.8 Å². The molecule has 3 rings (SSSR count). The van der Waals surface area contributed by atoms with E-state index in [-0.39, 0.29) is 17.7 Å². The van der Waals surface area contributed by atoms with E-state index in [1.165, 1.54) is 4.90 Å². The zero-order valence-electron chi connectivity index (χ0n) is 11.3. The molecule has 1 aromatic heterocycles. The molecule has 0 bridgehead atoms. The van der Waals surface area contributed by atoms with Crippen LogP contribution in [0.3, 0.4) is 0 Å². The summed E-state index contributed by atoms with van der Waals surface area (Å²) >= 11 is 5.72. The van der Waals surface area contributed by atoms with Crippen LogP contribution < -0.4 is 10.2 Å². The molecular weight excluding hydrogens is 290 g/mol. The molecule has 6 heteroatoms. The van der Waals surface area contributed by atoms with Gasteiger partial charge in [-0.25, -0.2) is 4.98 Å². The van der Waals surface area contributed by atoms with Crippen LogP contribution in [-0.4, -0.2) is 22.7 Å². The van der Waals surface area contributed by atoms with Crippen molar-refractivity contribution in [3.63, 3.8) is 0 Å². The number of aromatic nitrogens is 1. The Morgan fingerprint density at radius 1 is 1.29 bits per heavy atom. The Kier molecular flexibility index (Phi) is 3.35. The Morgan fingerprint density at radius 3 is 2.81 bits per heavy atom. The number of nitrogens with zero attached hydrogens (tertiary/aromatic N) is 2. The average molecular weight is 302 g/mol. The van der Waals surface area contributed by atoms with Gasteiger partial charge < -0.3 is 5.32 Å². The van der Waals surface area contributed by atoms with Gasteiger partial charge in [-0.1, -0.05) is 12.1 Å². The van der Waals surface area contributed by atoms with Crippen LogP contribution in [0.4, 0.5) is 17.2 Å². The second-order valence-corrected chi connectivity index (χ2v) is 4.93. The minimum Gasteiger partial charge on any atom is -0.319 e. The minimum absolute atomic E-state index is 0.197. The molecule has 1 aliphatic heterocycles. The van der Waals surface area contributed by atoms with Crippen LogP contribution in [0.2, 0.25) is 0 Å². The molecule has 2 heterocycles. The average Bonchev–Trinajstić information content (AvgIpc) is 2.61. The number of benzene rings is 1. The van der Waals surface area contributed by atoms with Crippen LogP contribution in [-0.2, 0) is 4.79 Å². The van der Waals surface area contributed by atoms with Crippen LogP contribution in [0.25, 0.3) is 0 Å². The van der Waals surface area contributed by atoms with E-state index >= 15 is 0 Å². The molecule has 2 aromatic rings. The molecule has 0 saturated carbocycles. The van der Waals surface area contributed by atoms with Gasteiger partial charge in [0.1, 0.15) is 5.88 Å². The third kappa shape index (κ3) is 2.25. The fourth-order valence-electron chi connectivity index (χ4n) is 2.29. The normalized spacial score (nSPS) is 13.0. The Balaban J connectivity index is 2.31. The smallest absolute Gasteiger partial charge is 0.257 e. The summed E-state index contributed by atoms with van der Waals surface area (Å²) in [6, 6.07) is 10.4. The highest BCUT2D eigenvalue weighted by Gasteiger charge is 2.29. The van der Waals surface area contributed by atoms with Crippen LogP contribution >= 0.6 is 11.6 Å². The summed E-state index contributed by atoms with van der Waals surface area (Å²) in [4.78, 5) is 30.4. The Hall–Kier alpha value is -2.40. The Bertz CT molecular complexity index is 745. The molecule has 0 spiro atoms. The zero-order chi connectivity index (χ0) is 15.0. The first-order valence-corrected chi connectivity index (χ1v) is 6.92. The number of carbonyl (C=O) groups is 2. The third-order valence-electron chi connectivity index (χ3n) is 3.23. The van der Waals surface area contributed by atoms with Crippen molar-refractivity contribution in [2.24, 2.45) is 0 Å². The molecule has 0 aliphatic carbocycles. The number of amides is 2. The lowest BCUT2D eigenvalue weighted by Gasteiger charge is -2.22. The maximum Gasteiger partial charge on any atom is 0.257 e. The highest BCUT2D eigenvalue weighted by molar-refractivity contribution is 6.31. The predicted molar refractivity (Wildman–Crippen MR) is 81.2 cm³/mol. The highest BCUT2D eigenvalue weighted by atomic mass is 35.5. The van der Waals surface area contributed by atoms with Crippen molar-refractivity contribution in [1.82, 2.24) is 4.98 Å². The van der Waals surface area contributed by atoms with E-state index < -0.39 is 0 Å². The molecule has 0 saturated heterocycles. The molecule has 106 valence electrons. The van der Waals surface area contributed by atoms with Gasteiger partial charge in [0.2, 0.25) is 5.91 Å². The number of para-hydroxylation sites is 1. The number of hydrogen-bond donors (Lipinski definition) is 1. The predicted octanol–water partition coefficient (Wildman–Crippen LogP) is 2.86. The number of alkyl halides is 1. The second kappa shape index (κ2) is 5.18. The van der Waals surface area contributed by atoms with Crippen molar-refractivity contribution in [1.29, 1.82) is 0 Å². The first kappa shape index (κ1) is 13.6. The third-order valence-corrected chi connectivity index (χ3v) is 3.46. The number of rotatable bonds is 1. The number of pyridine rings is 1. The fraction of sp³-hybridized carbons (Fsp3) is 0.133. The minimum atomic E-state index is -0.333. The van der Waals surface area contributed by atoms with Gasteiger partial charge >= 0.3 is 0 Å². The molecular formula is C15H12ClN3O2. The summed E-state index contributed by atoms with van der Waals surface area (Å²) in [5.74, 6) is -0.418. The summed E-state index contributed by atoms with van der Waals surface area (Å²) in [6.45, 7) is 1.82. The summed E-state index contributed by atoms with van der Waals surface area (Å²) in [5, 5.41) is 2.78. The molecule has 1 aliphatic rings. The van der Waals surface area contributed by atoms with E-state index in [0.717, 1.165) is 5.69 Å². The maximum absolute atomic E-state index is 12.3. The molecule has 5 nitrogen and oxygen atoms in total. The fourth-order valence-corrected chi connectivity index (χ4v) is 2.41.